The number of ether oxygens (including phenoxy) is 2. The van der Waals surface area contributed by atoms with E-state index in [0.29, 0.717) is 22.3 Å². The molecule has 0 spiro atoms. The van der Waals surface area contributed by atoms with Gasteiger partial charge in [-0.15, -0.1) is 0 Å². The number of carbonyl (C=O) groups excluding carboxylic acids is 1. The summed E-state index contributed by atoms with van der Waals surface area (Å²) < 4.78 is 16.7. The summed E-state index contributed by atoms with van der Waals surface area (Å²) in [6, 6.07) is 19.1. The molecule has 0 atom stereocenters. The Hall–Kier alpha value is -3.86. The molecule has 5 heteroatoms. The fourth-order valence-electron chi connectivity index (χ4n) is 2.90. The summed E-state index contributed by atoms with van der Waals surface area (Å²) in [4.78, 5) is 25.0. The van der Waals surface area contributed by atoms with Crippen LogP contribution in [0.15, 0.2) is 82.2 Å². The van der Waals surface area contributed by atoms with E-state index in [4.69, 9.17) is 13.9 Å². The second-order valence-corrected chi connectivity index (χ2v) is 6.71. The average Bonchev–Trinajstić information content (AvgIpc) is 2.73. The Morgan fingerprint density at radius 3 is 2.48 bits per heavy atom. The summed E-state index contributed by atoms with van der Waals surface area (Å²) >= 11 is 0. The lowest BCUT2D eigenvalue weighted by Crippen LogP contribution is -2.09. The molecule has 144 valence electrons. The summed E-state index contributed by atoms with van der Waals surface area (Å²) in [6.45, 7) is 3.86. The van der Waals surface area contributed by atoms with E-state index in [0.717, 1.165) is 11.1 Å². The SMILES string of the molecule is Cc1ccc(C)c(Oc2coc3cc(OC(=O)c4ccccc4)ccc3c2=O)c1. The summed E-state index contributed by atoms with van der Waals surface area (Å²) in [5.74, 6) is 0.505. The molecule has 3 aromatic carbocycles. The van der Waals surface area contributed by atoms with Gasteiger partial charge in [0.25, 0.3) is 0 Å². The third kappa shape index (κ3) is 3.89. The summed E-state index contributed by atoms with van der Waals surface area (Å²) in [6.07, 6.45) is 1.27. The van der Waals surface area contributed by atoms with Crippen LogP contribution in [0.25, 0.3) is 11.0 Å². The van der Waals surface area contributed by atoms with Gasteiger partial charge in [-0.25, -0.2) is 4.79 Å². The van der Waals surface area contributed by atoms with Crippen molar-refractivity contribution in [1.82, 2.24) is 0 Å². The highest BCUT2D eigenvalue weighted by Crippen LogP contribution is 2.27. The molecule has 4 rings (SSSR count). The fourth-order valence-corrected chi connectivity index (χ4v) is 2.90. The number of aryl methyl sites for hydroxylation is 2. The van der Waals surface area contributed by atoms with Crippen LogP contribution in [-0.2, 0) is 0 Å². The van der Waals surface area contributed by atoms with E-state index in [1.54, 1.807) is 36.4 Å². The minimum atomic E-state index is -0.484. The number of esters is 1. The van der Waals surface area contributed by atoms with Crippen LogP contribution in [0.1, 0.15) is 21.5 Å². The van der Waals surface area contributed by atoms with E-state index in [1.807, 2.05) is 38.1 Å². The molecule has 0 saturated heterocycles. The highest BCUT2D eigenvalue weighted by molar-refractivity contribution is 5.91. The Bertz CT molecular complexity index is 1260. The third-order valence-electron chi connectivity index (χ3n) is 4.50. The van der Waals surface area contributed by atoms with Crippen LogP contribution in [0.3, 0.4) is 0 Å². The van der Waals surface area contributed by atoms with E-state index in [2.05, 4.69) is 0 Å². The van der Waals surface area contributed by atoms with Gasteiger partial charge in [0, 0.05) is 6.07 Å². The highest BCUT2D eigenvalue weighted by Gasteiger charge is 2.13. The fraction of sp³-hybridized carbons (Fsp3) is 0.0833. The zero-order valence-electron chi connectivity index (χ0n) is 16.0. The van der Waals surface area contributed by atoms with Gasteiger partial charge >= 0.3 is 5.97 Å². The molecule has 29 heavy (non-hydrogen) atoms. The van der Waals surface area contributed by atoms with Gasteiger partial charge in [-0.05, 0) is 55.3 Å². The standard InChI is InChI=1S/C24H18O5/c1-15-8-9-16(2)20(12-15)29-22-14-27-21-13-18(10-11-19(21)23(22)25)28-24(26)17-6-4-3-5-7-17/h3-14H,1-2H3. The first-order valence-corrected chi connectivity index (χ1v) is 9.09. The molecule has 1 aromatic heterocycles. The predicted molar refractivity (Wildman–Crippen MR) is 110 cm³/mol. The quantitative estimate of drug-likeness (QED) is 0.346. The van der Waals surface area contributed by atoms with Crippen molar-refractivity contribution in [1.29, 1.82) is 0 Å². The van der Waals surface area contributed by atoms with Crippen molar-refractivity contribution in [3.8, 4) is 17.2 Å². The second kappa shape index (κ2) is 7.64. The van der Waals surface area contributed by atoms with Gasteiger partial charge in [0.2, 0.25) is 11.2 Å². The van der Waals surface area contributed by atoms with Crippen molar-refractivity contribution in [2.45, 2.75) is 13.8 Å². The van der Waals surface area contributed by atoms with Gasteiger partial charge in [0.05, 0.1) is 10.9 Å². The molecule has 0 N–H and O–H groups in total. The minimum absolute atomic E-state index is 0.0974. The molecule has 0 aliphatic heterocycles. The molecular formula is C24H18O5. The van der Waals surface area contributed by atoms with Crippen molar-refractivity contribution in [2.24, 2.45) is 0 Å². The van der Waals surface area contributed by atoms with Crippen molar-refractivity contribution in [3.63, 3.8) is 0 Å². The smallest absolute Gasteiger partial charge is 0.343 e. The number of hydrogen-bond acceptors (Lipinski definition) is 5. The second-order valence-electron chi connectivity index (χ2n) is 6.71. The number of fused-ring (bicyclic) bond motifs is 1. The summed E-state index contributed by atoms with van der Waals surface area (Å²) in [7, 11) is 0. The first-order chi connectivity index (χ1) is 14.0. The van der Waals surface area contributed by atoms with Crippen LogP contribution in [0.5, 0.6) is 17.2 Å². The molecule has 5 nitrogen and oxygen atoms in total. The largest absolute Gasteiger partial charge is 0.460 e. The Morgan fingerprint density at radius 1 is 0.897 bits per heavy atom. The first kappa shape index (κ1) is 18.5. The molecule has 0 saturated carbocycles. The lowest BCUT2D eigenvalue weighted by atomic mass is 10.1. The molecule has 0 radical (unpaired) electrons. The normalized spacial score (nSPS) is 10.7. The van der Waals surface area contributed by atoms with E-state index in [-0.39, 0.29) is 16.9 Å². The third-order valence-corrected chi connectivity index (χ3v) is 4.50. The predicted octanol–water partition coefficient (Wildman–Crippen LogP) is 5.42. The van der Waals surface area contributed by atoms with Crippen LogP contribution in [-0.4, -0.2) is 5.97 Å². The van der Waals surface area contributed by atoms with Crippen molar-refractivity contribution in [2.75, 3.05) is 0 Å². The van der Waals surface area contributed by atoms with Gasteiger partial charge in [-0.1, -0.05) is 30.3 Å². The van der Waals surface area contributed by atoms with Crippen LogP contribution >= 0.6 is 0 Å². The molecule has 4 aromatic rings. The molecular weight excluding hydrogens is 368 g/mol. The summed E-state index contributed by atoms with van der Waals surface area (Å²) in [5.41, 5.74) is 2.39. The molecule has 0 fully saturated rings. The van der Waals surface area contributed by atoms with Crippen LogP contribution in [0.2, 0.25) is 0 Å². The molecule has 0 aliphatic rings. The van der Waals surface area contributed by atoms with Crippen LogP contribution in [0.4, 0.5) is 0 Å². The van der Waals surface area contributed by atoms with E-state index >= 15 is 0 Å². The van der Waals surface area contributed by atoms with Gasteiger partial charge in [0.1, 0.15) is 23.3 Å². The maximum atomic E-state index is 12.8. The molecule has 0 aliphatic carbocycles. The molecule has 0 unspecified atom stereocenters. The van der Waals surface area contributed by atoms with Crippen LogP contribution in [0, 0.1) is 13.8 Å². The number of hydrogen-bond donors (Lipinski definition) is 0. The first-order valence-electron chi connectivity index (χ1n) is 9.09. The number of benzene rings is 3. The van der Waals surface area contributed by atoms with Gasteiger partial charge in [-0.3, -0.25) is 4.79 Å². The number of rotatable bonds is 4. The lowest BCUT2D eigenvalue weighted by Gasteiger charge is -2.09. The average molecular weight is 386 g/mol. The van der Waals surface area contributed by atoms with Crippen molar-refractivity contribution < 1.29 is 18.7 Å². The summed E-state index contributed by atoms with van der Waals surface area (Å²) in [5, 5.41) is 0.340. The Labute approximate surface area is 167 Å². The molecule has 1 heterocycles. The molecule has 0 amide bonds. The number of carbonyl (C=O) groups is 1. The van der Waals surface area contributed by atoms with E-state index in [1.165, 1.54) is 12.3 Å². The van der Waals surface area contributed by atoms with E-state index < -0.39 is 5.97 Å². The maximum Gasteiger partial charge on any atom is 0.343 e. The topological polar surface area (TPSA) is 65.7 Å². The van der Waals surface area contributed by atoms with Gasteiger partial charge < -0.3 is 13.9 Å². The van der Waals surface area contributed by atoms with Gasteiger partial charge in [-0.2, -0.15) is 0 Å². The maximum absolute atomic E-state index is 12.8. The van der Waals surface area contributed by atoms with Crippen molar-refractivity contribution >= 4 is 16.9 Å². The Balaban J connectivity index is 1.62. The molecule has 0 bridgehead atoms. The lowest BCUT2D eigenvalue weighted by molar-refractivity contribution is 0.0735. The Morgan fingerprint density at radius 2 is 1.69 bits per heavy atom. The Kier molecular flexibility index (Phi) is 4.87. The van der Waals surface area contributed by atoms with E-state index in [9.17, 15) is 9.59 Å². The highest BCUT2D eigenvalue weighted by atomic mass is 16.5. The zero-order chi connectivity index (χ0) is 20.4. The van der Waals surface area contributed by atoms with Crippen molar-refractivity contribution in [3.05, 3.63) is 99.9 Å². The van der Waals surface area contributed by atoms with Crippen LogP contribution < -0.4 is 14.9 Å². The zero-order valence-corrected chi connectivity index (χ0v) is 16.0. The monoisotopic (exact) mass is 386 g/mol. The minimum Gasteiger partial charge on any atom is -0.460 e. The van der Waals surface area contributed by atoms with Gasteiger partial charge in [0.15, 0.2) is 0 Å².